The zero-order valence-corrected chi connectivity index (χ0v) is 11.9. The molecule has 5 nitrogen and oxygen atoms in total. The molecule has 1 rings (SSSR count). The van der Waals surface area contributed by atoms with Gasteiger partial charge in [0.05, 0.1) is 11.9 Å². The molecule has 1 aromatic rings. The summed E-state index contributed by atoms with van der Waals surface area (Å²) in [4.78, 5) is 11.3. The molecule has 0 unspecified atom stereocenters. The van der Waals surface area contributed by atoms with Gasteiger partial charge in [-0.3, -0.25) is 9.10 Å². The first kappa shape index (κ1) is 14.0. The van der Waals surface area contributed by atoms with Gasteiger partial charge in [0.15, 0.2) is 0 Å². The molecule has 1 N–H and O–H groups in total. The van der Waals surface area contributed by atoms with E-state index in [9.17, 15) is 13.2 Å². The lowest BCUT2D eigenvalue weighted by atomic mass is 10.3. The lowest BCUT2D eigenvalue weighted by Crippen LogP contribution is -2.39. The van der Waals surface area contributed by atoms with Crippen molar-refractivity contribution in [1.29, 1.82) is 0 Å². The molecule has 0 spiro atoms. The van der Waals surface area contributed by atoms with E-state index in [2.05, 4.69) is 21.2 Å². The van der Waals surface area contributed by atoms with E-state index in [0.29, 0.717) is 10.2 Å². The van der Waals surface area contributed by atoms with E-state index < -0.39 is 10.0 Å². The van der Waals surface area contributed by atoms with Gasteiger partial charge < -0.3 is 5.32 Å². The molecule has 0 saturated heterocycles. The molecule has 0 aliphatic heterocycles. The first-order valence-corrected chi connectivity index (χ1v) is 7.43. The van der Waals surface area contributed by atoms with Gasteiger partial charge in [-0.1, -0.05) is 12.1 Å². The van der Waals surface area contributed by atoms with Gasteiger partial charge in [-0.25, -0.2) is 8.42 Å². The average molecular weight is 321 g/mol. The van der Waals surface area contributed by atoms with Crippen LogP contribution in [0.5, 0.6) is 0 Å². The summed E-state index contributed by atoms with van der Waals surface area (Å²) >= 11 is 3.26. The molecule has 0 aliphatic carbocycles. The predicted molar refractivity (Wildman–Crippen MR) is 70.4 cm³/mol. The molecule has 94 valence electrons. The number of para-hydroxylation sites is 1. The van der Waals surface area contributed by atoms with Crippen LogP contribution < -0.4 is 9.62 Å². The molecule has 1 aromatic carbocycles. The average Bonchev–Trinajstić information content (AvgIpc) is 2.25. The van der Waals surface area contributed by atoms with E-state index in [1.807, 2.05) is 0 Å². The number of carbonyl (C=O) groups excluding carboxylic acids is 1. The van der Waals surface area contributed by atoms with Crippen LogP contribution in [-0.2, 0) is 14.8 Å². The third-order valence-corrected chi connectivity index (χ3v) is 3.88. The Labute approximate surface area is 109 Å². The first-order valence-electron chi connectivity index (χ1n) is 4.79. The summed E-state index contributed by atoms with van der Waals surface area (Å²) in [6, 6.07) is 6.83. The number of carbonyl (C=O) groups is 1. The molecule has 17 heavy (non-hydrogen) atoms. The van der Waals surface area contributed by atoms with E-state index >= 15 is 0 Å². The van der Waals surface area contributed by atoms with Crippen molar-refractivity contribution in [1.82, 2.24) is 5.32 Å². The lowest BCUT2D eigenvalue weighted by Gasteiger charge is -2.22. The first-order chi connectivity index (χ1) is 7.86. The number of hydrogen-bond acceptors (Lipinski definition) is 3. The summed E-state index contributed by atoms with van der Waals surface area (Å²) in [5.74, 6) is -0.369. The van der Waals surface area contributed by atoms with Crippen LogP contribution in [0.25, 0.3) is 0 Å². The Balaban J connectivity index is 3.17. The van der Waals surface area contributed by atoms with Gasteiger partial charge in [0, 0.05) is 11.5 Å². The second-order valence-corrected chi connectivity index (χ2v) is 6.16. The zero-order chi connectivity index (χ0) is 13.1. The fourth-order valence-corrected chi connectivity index (χ4v) is 2.73. The van der Waals surface area contributed by atoms with Crippen molar-refractivity contribution in [3.63, 3.8) is 0 Å². The van der Waals surface area contributed by atoms with Crippen molar-refractivity contribution in [2.45, 2.75) is 0 Å². The number of sulfonamides is 1. The lowest BCUT2D eigenvalue weighted by molar-refractivity contribution is -0.119. The third-order valence-electron chi connectivity index (χ3n) is 2.09. The van der Waals surface area contributed by atoms with Gasteiger partial charge in [-0.2, -0.15) is 0 Å². The van der Waals surface area contributed by atoms with Crippen LogP contribution in [0.2, 0.25) is 0 Å². The number of nitrogens with one attached hydrogen (secondary N) is 1. The van der Waals surface area contributed by atoms with E-state index in [1.54, 1.807) is 24.3 Å². The van der Waals surface area contributed by atoms with Crippen LogP contribution >= 0.6 is 15.9 Å². The van der Waals surface area contributed by atoms with Crippen molar-refractivity contribution in [3.8, 4) is 0 Å². The molecule has 0 radical (unpaired) electrons. The molecule has 0 atom stereocenters. The Morgan fingerprint density at radius 3 is 2.47 bits per heavy atom. The molecule has 0 heterocycles. The number of rotatable bonds is 4. The Morgan fingerprint density at radius 1 is 1.41 bits per heavy atom. The maximum Gasteiger partial charge on any atom is 0.240 e. The summed E-state index contributed by atoms with van der Waals surface area (Å²) in [6.45, 7) is -0.238. The van der Waals surface area contributed by atoms with E-state index in [-0.39, 0.29) is 12.5 Å². The highest BCUT2D eigenvalue weighted by molar-refractivity contribution is 9.10. The van der Waals surface area contributed by atoms with Crippen molar-refractivity contribution in [3.05, 3.63) is 28.7 Å². The molecular formula is C10H13BrN2O3S. The molecule has 0 aromatic heterocycles. The van der Waals surface area contributed by atoms with Crippen molar-refractivity contribution < 1.29 is 13.2 Å². The molecule has 0 aliphatic rings. The number of nitrogens with zero attached hydrogens (tertiary/aromatic N) is 1. The standard InChI is InChI=1S/C10H13BrN2O3S/c1-12-10(14)7-13(17(2,15)16)9-6-4-3-5-8(9)11/h3-6H,7H2,1-2H3,(H,12,14). The van der Waals surface area contributed by atoms with Gasteiger partial charge in [-0.05, 0) is 28.1 Å². The molecule has 0 fully saturated rings. The van der Waals surface area contributed by atoms with Crippen molar-refractivity contribution in [2.75, 3.05) is 24.2 Å². The maximum atomic E-state index is 11.7. The monoisotopic (exact) mass is 320 g/mol. The van der Waals surface area contributed by atoms with Crippen LogP contribution in [-0.4, -0.2) is 34.2 Å². The predicted octanol–water partition coefficient (Wildman–Crippen LogP) is 0.961. The normalized spacial score (nSPS) is 11.0. The van der Waals surface area contributed by atoms with E-state index in [4.69, 9.17) is 0 Å². The molecule has 0 bridgehead atoms. The number of anilines is 1. The summed E-state index contributed by atoms with van der Waals surface area (Å²) in [6.07, 6.45) is 1.06. The molecular weight excluding hydrogens is 308 g/mol. The maximum absolute atomic E-state index is 11.7. The Morgan fingerprint density at radius 2 is 2.00 bits per heavy atom. The zero-order valence-electron chi connectivity index (χ0n) is 9.47. The summed E-state index contributed by atoms with van der Waals surface area (Å²) in [7, 11) is -2.04. The van der Waals surface area contributed by atoms with Crippen LogP contribution in [0.1, 0.15) is 0 Å². The van der Waals surface area contributed by atoms with Gasteiger partial charge in [0.25, 0.3) is 0 Å². The van der Waals surface area contributed by atoms with Crippen LogP contribution in [0, 0.1) is 0 Å². The van der Waals surface area contributed by atoms with Gasteiger partial charge >= 0.3 is 0 Å². The Bertz CT molecular complexity index is 516. The minimum atomic E-state index is -3.50. The second-order valence-electron chi connectivity index (χ2n) is 3.39. The summed E-state index contributed by atoms with van der Waals surface area (Å²) in [5, 5.41) is 2.40. The minimum Gasteiger partial charge on any atom is -0.358 e. The smallest absolute Gasteiger partial charge is 0.240 e. The highest BCUT2D eigenvalue weighted by Crippen LogP contribution is 2.27. The fraction of sp³-hybridized carbons (Fsp3) is 0.300. The van der Waals surface area contributed by atoms with E-state index in [1.165, 1.54) is 7.05 Å². The number of amides is 1. The minimum absolute atomic E-state index is 0.238. The topological polar surface area (TPSA) is 66.5 Å². The number of halogens is 1. The molecule has 1 amide bonds. The SMILES string of the molecule is CNC(=O)CN(c1ccccc1Br)S(C)(=O)=O. The van der Waals surface area contributed by atoms with Gasteiger partial charge in [-0.15, -0.1) is 0 Å². The molecule has 0 saturated carbocycles. The number of benzene rings is 1. The highest BCUT2D eigenvalue weighted by Gasteiger charge is 2.21. The van der Waals surface area contributed by atoms with Crippen LogP contribution in [0.3, 0.4) is 0 Å². The van der Waals surface area contributed by atoms with Crippen molar-refractivity contribution in [2.24, 2.45) is 0 Å². The third kappa shape index (κ3) is 3.71. The highest BCUT2D eigenvalue weighted by atomic mass is 79.9. The van der Waals surface area contributed by atoms with Gasteiger partial charge in [0.2, 0.25) is 15.9 Å². The number of hydrogen-bond donors (Lipinski definition) is 1. The van der Waals surface area contributed by atoms with Gasteiger partial charge in [0.1, 0.15) is 6.54 Å². The second kappa shape index (κ2) is 5.50. The van der Waals surface area contributed by atoms with Crippen LogP contribution in [0.15, 0.2) is 28.7 Å². The summed E-state index contributed by atoms with van der Waals surface area (Å²) in [5.41, 5.74) is 0.443. The van der Waals surface area contributed by atoms with E-state index in [0.717, 1.165) is 10.6 Å². The van der Waals surface area contributed by atoms with Crippen molar-refractivity contribution >= 4 is 37.5 Å². The van der Waals surface area contributed by atoms with Crippen LogP contribution in [0.4, 0.5) is 5.69 Å². The Kier molecular flexibility index (Phi) is 4.53. The largest absolute Gasteiger partial charge is 0.358 e. The summed E-state index contributed by atoms with van der Waals surface area (Å²) < 4.78 is 25.0. The quantitative estimate of drug-likeness (QED) is 0.898. The molecule has 7 heteroatoms. The number of likely N-dealkylation sites (N-methyl/N-ethyl adjacent to an activating group) is 1. The Hall–Kier alpha value is -1.08. The fourth-order valence-electron chi connectivity index (χ4n) is 1.24.